The second-order valence-corrected chi connectivity index (χ2v) is 6.26. The molecule has 0 unspecified atom stereocenters. The van der Waals surface area contributed by atoms with Gasteiger partial charge in [-0.05, 0) is 23.1 Å². The topological polar surface area (TPSA) is 49.3 Å². The average Bonchev–Trinajstić information content (AvgIpc) is 2.70. The molecule has 0 spiro atoms. The van der Waals surface area contributed by atoms with Crippen molar-refractivity contribution >= 4 is 5.91 Å². The average molecular weight is 345 g/mol. The monoisotopic (exact) mass is 345 g/mol. The van der Waals surface area contributed by atoms with Crippen LogP contribution in [0, 0.1) is 0 Å². The van der Waals surface area contributed by atoms with E-state index in [9.17, 15) is 9.90 Å². The van der Waals surface area contributed by atoms with E-state index in [0.717, 1.165) is 16.7 Å². The minimum Gasteiger partial charge on any atom is -0.388 e. The zero-order valence-corrected chi connectivity index (χ0v) is 14.6. The number of benzene rings is 3. The lowest BCUT2D eigenvalue weighted by Crippen LogP contribution is -2.31. The largest absolute Gasteiger partial charge is 0.388 e. The van der Waals surface area contributed by atoms with Crippen molar-refractivity contribution in [1.29, 1.82) is 0 Å². The van der Waals surface area contributed by atoms with E-state index in [1.807, 2.05) is 91.0 Å². The first-order chi connectivity index (χ1) is 12.8. The maximum atomic E-state index is 12.9. The highest BCUT2D eigenvalue weighted by molar-refractivity contribution is 5.87. The Balaban J connectivity index is 1.67. The number of aliphatic hydroxyl groups is 1. The van der Waals surface area contributed by atoms with Crippen molar-refractivity contribution < 1.29 is 9.90 Å². The van der Waals surface area contributed by atoms with Gasteiger partial charge in [-0.1, -0.05) is 91.0 Å². The first-order valence-corrected chi connectivity index (χ1v) is 8.86. The van der Waals surface area contributed by atoms with Crippen molar-refractivity contribution in [2.75, 3.05) is 6.54 Å². The van der Waals surface area contributed by atoms with E-state index in [1.54, 1.807) is 0 Å². The van der Waals surface area contributed by atoms with Gasteiger partial charge < -0.3 is 10.4 Å². The fourth-order valence-electron chi connectivity index (χ4n) is 3.06. The molecule has 0 fully saturated rings. The summed E-state index contributed by atoms with van der Waals surface area (Å²) in [6.45, 7) is 0.422. The second kappa shape index (κ2) is 8.97. The van der Waals surface area contributed by atoms with E-state index in [1.165, 1.54) is 0 Å². The fraction of sp³-hybridized carbons (Fsp3) is 0.174. The summed E-state index contributed by atoms with van der Waals surface area (Å²) in [5.74, 6) is -0.408. The maximum Gasteiger partial charge on any atom is 0.232 e. The van der Waals surface area contributed by atoms with E-state index in [0.29, 0.717) is 13.0 Å². The van der Waals surface area contributed by atoms with Gasteiger partial charge in [0.2, 0.25) is 5.91 Å². The summed E-state index contributed by atoms with van der Waals surface area (Å²) in [4.78, 5) is 12.9. The quantitative estimate of drug-likeness (QED) is 0.678. The second-order valence-electron chi connectivity index (χ2n) is 6.26. The minimum absolute atomic E-state index is 0.0531. The third-order valence-electron chi connectivity index (χ3n) is 4.43. The van der Waals surface area contributed by atoms with Crippen molar-refractivity contribution in [2.24, 2.45) is 0 Å². The van der Waals surface area contributed by atoms with E-state index >= 15 is 0 Å². The first kappa shape index (κ1) is 17.9. The lowest BCUT2D eigenvalue weighted by Gasteiger charge is -2.19. The summed E-state index contributed by atoms with van der Waals surface area (Å²) in [6.07, 6.45) is -0.102. The summed E-state index contributed by atoms with van der Waals surface area (Å²) in [6, 6.07) is 29.0. The van der Waals surface area contributed by atoms with Crippen molar-refractivity contribution in [1.82, 2.24) is 5.32 Å². The minimum atomic E-state index is -0.580. The molecule has 0 radical (unpaired) electrons. The van der Waals surface area contributed by atoms with Gasteiger partial charge in [0.05, 0.1) is 12.0 Å². The SMILES string of the molecule is O=C(NCC[C@@H](O)c1ccccc1)C(c1ccccc1)c1ccccc1. The number of amides is 1. The van der Waals surface area contributed by atoms with Crippen molar-refractivity contribution in [3.63, 3.8) is 0 Å². The molecule has 1 amide bonds. The van der Waals surface area contributed by atoms with Crippen LogP contribution in [0.4, 0.5) is 0 Å². The Kier molecular flexibility index (Phi) is 6.18. The van der Waals surface area contributed by atoms with Crippen LogP contribution in [0.2, 0.25) is 0 Å². The number of hydrogen-bond donors (Lipinski definition) is 2. The molecule has 0 aliphatic heterocycles. The van der Waals surface area contributed by atoms with Gasteiger partial charge in [0.15, 0.2) is 0 Å². The molecule has 3 aromatic carbocycles. The Morgan fingerprint density at radius 1 is 0.731 bits per heavy atom. The predicted octanol–water partition coefficient (Wildman–Crippen LogP) is 4.06. The Morgan fingerprint density at radius 3 is 1.62 bits per heavy atom. The summed E-state index contributed by atoms with van der Waals surface area (Å²) >= 11 is 0. The van der Waals surface area contributed by atoms with Gasteiger partial charge in [0.1, 0.15) is 0 Å². The summed E-state index contributed by atoms with van der Waals surface area (Å²) in [5, 5.41) is 13.2. The Bertz CT molecular complexity index is 764. The van der Waals surface area contributed by atoms with Crippen LogP contribution >= 0.6 is 0 Å². The normalized spacial score (nSPS) is 11.9. The zero-order chi connectivity index (χ0) is 18.2. The highest BCUT2D eigenvalue weighted by atomic mass is 16.3. The molecule has 2 N–H and O–H groups in total. The van der Waals surface area contributed by atoms with E-state index in [2.05, 4.69) is 5.32 Å². The number of rotatable bonds is 7. The molecule has 0 aliphatic carbocycles. The fourth-order valence-corrected chi connectivity index (χ4v) is 3.06. The van der Waals surface area contributed by atoms with Gasteiger partial charge in [-0.15, -0.1) is 0 Å². The van der Waals surface area contributed by atoms with Gasteiger partial charge >= 0.3 is 0 Å². The van der Waals surface area contributed by atoms with Crippen molar-refractivity contribution in [2.45, 2.75) is 18.4 Å². The molecule has 0 saturated heterocycles. The van der Waals surface area contributed by atoms with Crippen LogP contribution in [0.5, 0.6) is 0 Å². The smallest absolute Gasteiger partial charge is 0.232 e. The summed E-state index contributed by atoms with van der Waals surface area (Å²) in [7, 11) is 0. The van der Waals surface area contributed by atoms with Gasteiger partial charge in [-0.25, -0.2) is 0 Å². The third kappa shape index (κ3) is 4.58. The van der Waals surface area contributed by atoms with Crippen molar-refractivity contribution in [3.8, 4) is 0 Å². The van der Waals surface area contributed by atoms with Crippen LogP contribution in [0.25, 0.3) is 0 Å². The standard InChI is InChI=1S/C23H23NO2/c25-21(18-10-4-1-5-11-18)16-17-24-23(26)22(19-12-6-2-7-13-19)20-14-8-3-9-15-20/h1-15,21-22,25H,16-17H2,(H,24,26)/t21-/m1/s1. The molecule has 1 atom stereocenters. The Labute approximate surface area is 154 Å². The molecular weight excluding hydrogens is 322 g/mol. The highest BCUT2D eigenvalue weighted by Crippen LogP contribution is 2.25. The molecule has 3 heteroatoms. The molecule has 3 nitrogen and oxygen atoms in total. The highest BCUT2D eigenvalue weighted by Gasteiger charge is 2.22. The van der Waals surface area contributed by atoms with Gasteiger partial charge in [-0.2, -0.15) is 0 Å². The predicted molar refractivity (Wildman–Crippen MR) is 104 cm³/mol. The summed E-state index contributed by atoms with van der Waals surface area (Å²) in [5.41, 5.74) is 2.78. The third-order valence-corrected chi connectivity index (χ3v) is 4.43. The molecule has 26 heavy (non-hydrogen) atoms. The molecule has 132 valence electrons. The van der Waals surface area contributed by atoms with E-state index in [-0.39, 0.29) is 11.8 Å². The molecule has 0 aliphatic rings. The van der Waals surface area contributed by atoms with Gasteiger partial charge in [0.25, 0.3) is 0 Å². The molecule has 3 aromatic rings. The van der Waals surface area contributed by atoms with Crippen LogP contribution in [-0.2, 0) is 4.79 Å². The Hall–Kier alpha value is -2.91. The van der Waals surface area contributed by atoms with E-state index in [4.69, 9.17) is 0 Å². The number of carbonyl (C=O) groups is 1. The van der Waals surface area contributed by atoms with Gasteiger partial charge in [0, 0.05) is 6.54 Å². The lowest BCUT2D eigenvalue weighted by atomic mass is 9.90. The first-order valence-electron chi connectivity index (χ1n) is 8.86. The van der Waals surface area contributed by atoms with Crippen molar-refractivity contribution in [3.05, 3.63) is 108 Å². The number of aliphatic hydroxyl groups excluding tert-OH is 1. The van der Waals surface area contributed by atoms with Crippen LogP contribution in [-0.4, -0.2) is 17.6 Å². The van der Waals surface area contributed by atoms with Crippen LogP contribution in [0.3, 0.4) is 0 Å². The molecule has 0 heterocycles. The Morgan fingerprint density at radius 2 is 1.15 bits per heavy atom. The summed E-state index contributed by atoms with van der Waals surface area (Å²) < 4.78 is 0. The number of nitrogens with one attached hydrogen (secondary N) is 1. The molecule has 0 aromatic heterocycles. The number of carbonyl (C=O) groups excluding carboxylic acids is 1. The lowest BCUT2D eigenvalue weighted by molar-refractivity contribution is -0.121. The van der Waals surface area contributed by atoms with Crippen LogP contribution < -0.4 is 5.32 Å². The molecule has 3 rings (SSSR count). The van der Waals surface area contributed by atoms with Crippen LogP contribution in [0.1, 0.15) is 35.1 Å². The molecule has 0 bridgehead atoms. The molecule has 0 saturated carbocycles. The molecular formula is C23H23NO2. The zero-order valence-electron chi connectivity index (χ0n) is 14.6. The maximum absolute atomic E-state index is 12.9. The number of hydrogen-bond acceptors (Lipinski definition) is 2. The van der Waals surface area contributed by atoms with Gasteiger partial charge in [-0.3, -0.25) is 4.79 Å². The van der Waals surface area contributed by atoms with Crippen LogP contribution in [0.15, 0.2) is 91.0 Å². The van der Waals surface area contributed by atoms with E-state index < -0.39 is 6.10 Å².